The SMILES string of the molecule is Cc1cc(/N=N/c2ccc(S(=O)(=O)O)cc2)c(N)cc1N. The molecule has 0 heterocycles. The third kappa shape index (κ3) is 3.56. The van der Waals surface area contributed by atoms with Gasteiger partial charge in [-0.05, 0) is 48.9 Å². The Morgan fingerprint density at radius 2 is 1.62 bits per heavy atom. The number of hydrogen-bond donors (Lipinski definition) is 3. The van der Waals surface area contributed by atoms with Crippen LogP contribution in [0.2, 0.25) is 0 Å². The molecule has 0 saturated heterocycles. The van der Waals surface area contributed by atoms with Gasteiger partial charge in [0.15, 0.2) is 0 Å². The van der Waals surface area contributed by atoms with Crippen molar-refractivity contribution in [2.24, 2.45) is 10.2 Å². The van der Waals surface area contributed by atoms with Crippen LogP contribution in [0.5, 0.6) is 0 Å². The molecule has 0 saturated carbocycles. The van der Waals surface area contributed by atoms with Gasteiger partial charge >= 0.3 is 0 Å². The van der Waals surface area contributed by atoms with E-state index in [0.717, 1.165) is 5.56 Å². The van der Waals surface area contributed by atoms with Crippen LogP contribution >= 0.6 is 0 Å². The molecule has 110 valence electrons. The van der Waals surface area contributed by atoms with Crippen molar-refractivity contribution in [1.29, 1.82) is 0 Å². The van der Waals surface area contributed by atoms with Gasteiger partial charge in [0.25, 0.3) is 10.1 Å². The molecule has 7 nitrogen and oxygen atoms in total. The topological polar surface area (TPSA) is 131 Å². The molecule has 0 atom stereocenters. The smallest absolute Gasteiger partial charge is 0.294 e. The van der Waals surface area contributed by atoms with Crippen LogP contribution in [0.4, 0.5) is 22.7 Å². The van der Waals surface area contributed by atoms with E-state index in [2.05, 4.69) is 10.2 Å². The minimum Gasteiger partial charge on any atom is -0.398 e. The minimum absolute atomic E-state index is 0.204. The zero-order chi connectivity index (χ0) is 15.6. The van der Waals surface area contributed by atoms with Crippen LogP contribution < -0.4 is 11.5 Å². The van der Waals surface area contributed by atoms with Gasteiger partial charge in [0.2, 0.25) is 0 Å². The van der Waals surface area contributed by atoms with Gasteiger partial charge in [-0.25, -0.2) is 0 Å². The van der Waals surface area contributed by atoms with Crippen LogP contribution in [-0.2, 0) is 10.1 Å². The fourth-order valence-electron chi connectivity index (χ4n) is 1.61. The molecular formula is C13H14N4O3S. The summed E-state index contributed by atoms with van der Waals surface area (Å²) in [7, 11) is -4.21. The summed E-state index contributed by atoms with van der Waals surface area (Å²) in [4.78, 5) is -0.204. The third-order valence-corrected chi connectivity index (χ3v) is 3.69. The molecule has 2 rings (SSSR count). The van der Waals surface area contributed by atoms with Crippen molar-refractivity contribution in [3.05, 3.63) is 42.0 Å². The first-order valence-corrected chi connectivity index (χ1v) is 7.36. The summed E-state index contributed by atoms with van der Waals surface area (Å²) in [5, 5.41) is 7.96. The number of hydrogen-bond acceptors (Lipinski definition) is 6. The number of benzene rings is 2. The highest BCUT2D eigenvalue weighted by Crippen LogP contribution is 2.29. The molecule has 0 radical (unpaired) electrons. The molecule has 0 spiro atoms. The number of azo groups is 1. The maximum Gasteiger partial charge on any atom is 0.294 e. The number of rotatable bonds is 3. The van der Waals surface area contributed by atoms with Crippen molar-refractivity contribution >= 4 is 32.9 Å². The zero-order valence-corrected chi connectivity index (χ0v) is 12.0. The molecule has 0 fully saturated rings. The maximum atomic E-state index is 10.9. The van der Waals surface area contributed by atoms with Crippen molar-refractivity contribution in [3.8, 4) is 0 Å². The van der Waals surface area contributed by atoms with Crippen LogP contribution in [0.25, 0.3) is 0 Å². The Labute approximate surface area is 122 Å². The van der Waals surface area contributed by atoms with Crippen LogP contribution in [-0.4, -0.2) is 13.0 Å². The van der Waals surface area contributed by atoms with Crippen molar-refractivity contribution < 1.29 is 13.0 Å². The molecular weight excluding hydrogens is 292 g/mol. The largest absolute Gasteiger partial charge is 0.398 e. The van der Waals surface area contributed by atoms with Crippen LogP contribution in [0.3, 0.4) is 0 Å². The molecule has 0 unspecified atom stereocenters. The van der Waals surface area contributed by atoms with Gasteiger partial charge in [-0.3, -0.25) is 4.55 Å². The van der Waals surface area contributed by atoms with Crippen molar-refractivity contribution in [3.63, 3.8) is 0 Å². The van der Waals surface area contributed by atoms with Crippen molar-refractivity contribution in [2.45, 2.75) is 11.8 Å². The minimum atomic E-state index is -4.21. The van der Waals surface area contributed by atoms with E-state index in [1.807, 2.05) is 6.92 Å². The Hall–Kier alpha value is -2.45. The predicted octanol–water partition coefficient (Wildman–Crippen LogP) is 2.82. The quantitative estimate of drug-likeness (QED) is 0.456. The normalized spacial score (nSPS) is 11.9. The lowest BCUT2D eigenvalue weighted by molar-refractivity contribution is 0.483. The molecule has 0 aromatic heterocycles. The Morgan fingerprint density at radius 3 is 2.19 bits per heavy atom. The lowest BCUT2D eigenvalue weighted by Gasteiger charge is -2.04. The molecule has 0 amide bonds. The first kappa shape index (κ1) is 14.9. The van der Waals surface area contributed by atoms with Gasteiger partial charge in [-0.1, -0.05) is 0 Å². The van der Waals surface area contributed by atoms with Crippen molar-refractivity contribution in [2.75, 3.05) is 11.5 Å². The van der Waals surface area contributed by atoms with E-state index >= 15 is 0 Å². The monoisotopic (exact) mass is 306 g/mol. The van der Waals surface area contributed by atoms with Crippen LogP contribution in [0.1, 0.15) is 5.56 Å². The lowest BCUT2D eigenvalue weighted by Crippen LogP contribution is -1.96. The zero-order valence-electron chi connectivity index (χ0n) is 11.2. The summed E-state index contributed by atoms with van der Waals surface area (Å²) in [6.07, 6.45) is 0. The summed E-state index contributed by atoms with van der Waals surface area (Å²) >= 11 is 0. The summed E-state index contributed by atoms with van der Waals surface area (Å²) in [6.45, 7) is 1.83. The summed E-state index contributed by atoms with van der Waals surface area (Å²) < 4.78 is 30.7. The highest BCUT2D eigenvalue weighted by molar-refractivity contribution is 7.85. The lowest BCUT2D eigenvalue weighted by atomic mass is 10.1. The Kier molecular flexibility index (Phi) is 3.92. The summed E-state index contributed by atoms with van der Waals surface area (Å²) in [5.74, 6) is 0. The number of aryl methyl sites for hydroxylation is 1. The Bertz CT molecular complexity index is 799. The average Bonchev–Trinajstić information content (AvgIpc) is 2.41. The van der Waals surface area contributed by atoms with E-state index in [0.29, 0.717) is 22.7 Å². The Morgan fingerprint density at radius 1 is 1.00 bits per heavy atom. The summed E-state index contributed by atoms with van der Waals surface area (Å²) in [5.41, 5.74) is 14.2. The van der Waals surface area contributed by atoms with Gasteiger partial charge in [-0.2, -0.15) is 13.5 Å². The molecule has 21 heavy (non-hydrogen) atoms. The second-order valence-electron chi connectivity index (χ2n) is 4.44. The van der Waals surface area contributed by atoms with Crippen LogP contribution in [0, 0.1) is 6.92 Å². The third-order valence-electron chi connectivity index (χ3n) is 2.82. The van der Waals surface area contributed by atoms with E-state index in [9.17, 15) is 8.42 Å². The predicted molar refractivity (Wildman–Crippen MR) is 80.4 cm³/mol. The second kappa shape index (κ2) is 5.51. The molecule has 0 bridgehead atoms. The average molecular weight is 306 g/mol. The highest BCUT2D eigenvalue weighted by Gasteiger charge is 2.08. The fourth-order valence-corrected chi connectivity index (χ4v) is 2.09. The molecule has 0 aliphatic rings. The van der Waals surface area contributed by atoms with Gasteiger partial charge in [-0.15, -0.1) is 5.11 Å². The number of anilines is 2. The van der Waals surface area contributed by atoms with Gasteiger partial charge in [0, 0.05) is 5.69 Å². The first-order chi connectivity index (χ1) is 9.77. The van der Waals surface area contributed by atoms with Crippen molar-refractivity contribution in [1.82, 2.24) is 0 Å². The molecule has 0 aliphatic heterocycles. The molecule has 8 heteroatoms. The molecule has 2 aromatic rings. The standard InChI is InChI=1S/C13H14N4O3S/c1-8-6-13(12(15)7-11(8)14)17-16-9-2-4-10(5-3-9)21(18,19)20/h2-7H,14-15H2,1H3,(H,18,19,20)/b17-16+. The van der Waals surface area contributed by atoms with Gasteiger partial charge in [0.05, 0.1) is 16.3 Å². The first-order valence-electron chi connectivity index (χ1n) is 5.92. The number of nitrogens with zero attached hydrogens (tertiary/aromatic N) is 2. The van der Waals surface area contributed by atoms with E-state index in [-0.39, 0.29) is 4.90 Å². The number of nitrogen functional groups attached to an aromatic ring is 2. The molecule has 5 N–H and O–H groups in total. The van der Waals surface area contributed by atoms with Crippen LogP contribution in [0.15, 0.2) is 51.5 Å². The van der Waals surface area contributed by atoms with Gasteiger partial charge < -0.3 is 11.5 Å². The Balaban J connectivity index is 2.28. The van der Waals surface area contributed by atoms with E-state index < -0.39 is 10.1 Å². The summed E-state index contributed by atoms with van der Waals surface area (Å²) in [6, 6.07) is 8.63. The molecule has 0 aliphatic carbocycles. The maximum absolute atomic E-state index is 10.9. The van der Waals surface area contributed by atoms with Gasteiger partial charge in [0.1, 0.15) is 5.69 Å². The highest BCUT2D eigenvalue weighted by atomic mass is 32.2. The fraction of sp³-hybridized carbons (Fsp3) is 0.0769. The van der Waals surface area contributed by atoms with E-state index in [1.165, 1.54) is 24.3 Å². The number of nitrogens with two attached hydrogens (primary N) is 2. The molecule has 2 aromatic carbocycles. The second-order valence-corrected chi connectivity index (χ2v) is 5.86. The van der Waals surface area contributed by atoms with E-state index in [4.69, 9.17) is 16.0 Å². The van der Waals surface area contributed by atoms with E-state index in [1.54, 1.807) is 12.1 Å².